The van der Waals surface area contributed by atoms with E-state index in [4.69, 9.17) is 16.3 Å². The molecule has 106 valence electrons. The Morgan fingerprint density at radius 2 is 2.00 bits per heavy atom. The van der Waals surface area contributed by atoms with E-state index in [2.05, 4.69) is 29.8 Å². The maximum atomic E-state index is 13.9. The molecule has 0 radical (unpaired) electrons. The third-order valence-electron chi connectivity index (χ3n) is 3.00. The van der Waals surface area contributed by atoms with Gasteiger partial charge in [-0.1, -0.05) is 41.9 Å². The summed E-state index contributed by atoms with van der Waals surface area (Å²) in [4.78, 5) is 0. The molecule has 1 nitrogen and oxygen atoms in total. The minimum atomic E-state index is -0.402. The van der Waals surface area contributed by atoms with Gasteiger partial charge in [-0.15, -0.1) is 11.6 Å². The molecular formula is C16H15BrClFO. The monoisotopic (exact) mass is 356 g/mol. The zero-order valence-corrected chi connectivity index (χ0v) is 13.6. The van der Waals surface area contributed by atoms with Gasteiger partial charge in [-0.25, -0.2) is 4.39 Å². The molecule has 20 heavy (non-hydrogen) atoms. The highest BCUT2D eigenvalue weighted by atomic mass is 79.9. The normalized spacial score (nSPS) is 10.9. The number of hydrogen-bond donors (Lipinski definition) is 0. The summed E-state index contributed by atoms with van der Waals surface area (Å²) in [7, 11) is 0. The lowest BCUT2D eigenvalue weighted by Crippen LogP contribution is -1.98. The Labute approximate surface area is 131 Å². The van der Waals surface area contributed by atoms with Gasteiger partial charge < -0.3 is 4.74 Å². The Kier molecular flexibility index (Phi) is 5.06. The van der Waals surface area contributed by atoms with Crippen LogP contribution in [-0.4, -0.2) is 0 Å². The highest BCUT2D eigenvalue weighted by molar-refractivity contribution is 9.10. The Morgan fingerprint density at radius 3 is 2.65 bits per heavy atom. The van der Waals surface area contributed by atoms with Crippen LogP contribution < -0.4 is 4.74 Å². The van der Waals surface area contributed by atoms with E-state index in [1.54, 1.807) is 12.1 Å². The SMILES string of the molecule is CC(C)c1cc(Br)ccc1Oc1c(F)cccc1CCl. The molecule has 0 aliphatic carbocycles. The van der Waals surface area contributed by atoms with Gasteiger partial charge in [0, 0.05) is 10.0 Å². The Morgan fingerprint density at radius 1 is 1.25 bits per heavy atom. The van der Waals surface area contributed by atoms with Gasteiger partial charge in [-0.2, -0.15) is 0 Å². The van der Waals surface area contributed by atoms with Crippen LogP contribution in [0.2, 0.25) is 0 Å². The number of benzene rings is 2. The molecule has 0 amide bonds. The van der Waals surface area contributed by atoms with Crippen LogP contribution in [0.5, 0.6) is 11.5 Å². The molecular weight excluding hydrogens is 343 g/mol. The van der Waals surface area contributed by atoms with Crippen molar-refractivity contribution in [2.75, 3.05) is 0 Å². The summed E-state index contributed by atoms with van der Waals surface area (Å²) in [5.74, 6) is 0.932. The average molecular weight is 358 g/mol. The smallest absolute Gasteiger partial charge is 0.167 e. The Bertz CT molecular complexity index is 613. The van der Waals surface area contributed by atoms with Crippen molar-refractivity contribution < 1.29 is 9.13 Å². The van der Waals surface area contributed by atoms with Crippen molar-refractivity contribution in [3.8, 4) is 11.5 Å². The number of alkyl halides is 1. The molecule has 0 aliphatic rings. The number of ether oxygens (including phenoxy) is 1. The quantitative estimate of drug-likeness (QED) is 0.588. The number of rotatable bonds is 4. The number of para-hydroxylation sites is 1. The molecule has 0 atom stereocenters. The van der Waals surface area contributed by atoms with E-state index in [0.29, 0.717) is 11.3 Å². The predicted octanol–water partition coefficient (Wildman–Crippen LogP) is 6.24. The molecule has 0 saturated heterocycles. The summed E-state index contributed by atoms with van der Waals surface area (Å²) in [6.45, 7) is 4.14. The van der Waals surface area contributed by atoms with E-state index in [1.807, 2.05) is 18.2 Å². The molecule has 0 heterocycles. The number of hydrogen-bond acceptors (Lipinski definition) is 1. The zero-order chi connectivity index (χ0) is 14.7. The minimum Gasteiger partial charge on any atom is -0.454 e. The molecule has 0 unspecified atom stereocenters. The van der Waals surface area contributed by atoms with Crippen molar-refractivity contribution in [3.63, 3.8) is 0 Å². The average Bonchev–Trinajstić information content (AvgIpc) is 2.42. The number of halogens is 3. The highest BCUT2D eigenvalue weighted by Crippen LogP contribution is 2.35. The molecule has 0 spiro atoms. The summed E-state index contributed by atoms with van der Waals surface area (Å²) >= 11 is 9.29. The zero-order valence-electron chi connectivity index (χ0n) is 11.3. The fourth-order valence-corrected chi connectivity index (χ4v) is 2.54. The van der Waals surface area contributed by atoms with Gasteiger partial charge in [-0.3, -0.25) is 0 Å². The van der Waals surface area contributed by atoms with Crippen molar-refractivity contribution in [1.29, 1.82) is 0 Å². The first kappa shape index (κ1) is 15.3. The van der Waals surface area contributed by atoms with Crippen LogP contribution in [0.1, 0.15) is 30.9 Å². The molecule has 0 bridgehead atoms. The second kappa shape index (κ2) is 6.59. The van der Waals surface area contributed by atoms with Crippen molar-refractivity contribution in [1.82, 2.24) is 0 Å². The largest absolute Gasteiger partial charge is 0.454 e. The third kappa shape index (κ3) is 3.33. The Balaban J connectivity index is 2.45. The summed E-state index contributed by atoms with van der Waals surface area (Å²) < 4.78 is 20.7. The summed E-state index contributed by atoms with van der Waals surface area (Å²) in [6, 6.07) is 10.5. The van der Waals surface area contributed by atoms with Gasteiger partial charge in [0.15, 0.2) is 11.6 Å². The lowest BCUT2D eigenvalue weighted by molar-refractivity contribution is 0.431. The first-order valence-electron chi connectivity index (χ1n) is 6.33. The molecule has 0 saturated carbocycles. The molecule has 2 rings (SSSR count). The summed E-state index contributed by atoms with van der Waals surface area (Å²) in [5.41, 5.74) is 1.66. The van der Waals surface area contributed by atoms with Crippen LogP contribution >= 0.6 is 27.5 Å². The fourth-order valence-electron chi connectivity index (χ4n) is 1.95. The van der Waals surface area contributed by atoms with E-state index in [-0.39, 0.29) is 17.5 Å². The van der Waals surface area contributed by atoms with Crippen LogP contribution in [0.15, 0.2) is 40.9 Å². The van der Waals surface area contributed by atoms with E-state index in [1.165, 1.54) is 6.07 Å². The topological polar surface area (TPSA) is 9.23 Å². The van der Waals surface area contributed by atoms with Crippen molar-refractivity contribution in [2.45, 2.75) is 25.6 Å². The summed E-state index contributed by atoms with van der Waals surface area (Å²) in [6.07, 6.45) is 0. The Hall–Kier alpha value is -1.06. The molecule has 0 fully saturated rings. The fraction of sp³-hybridized carbons (Fsp3) is 0.250. The van der Waals surface area contributed by atoms with E-state index in [9.17, 15) is 4.39 Å². The lowest BCUT2D eigenvalue weighted by atomic mass is 10.0. The second-order valence-corrected chi connectivity index (χ2v) is 5.98. The van der Waals surface area contributed by atoms with Gasteiger partial charge in [0.25, 0.3) is 0 Å². The van der Waals surface area contributed by atoms with E-state index in [0.717, 1.165) is 10.0 Å². The van der Waals surface area contributed by atoms with Crippen molar-refractivity contribution in [3.05, 3.63) is 57.8 Å². The third-order valence-corrected chi connectivity index (χ3v) is 3.78. The molecule has 4 heteroatoms. The lowest BCUT2D eigenvalue weighted by Gasteiger charge is -2.16. The van der Waals surface area contributed by atoms with Crippen LogP contribution in [0.25, 0.3) is 0 Å². The molecule has 2 aromatic rings. The van der Waals surface area contributed by atoms with Crippen LogP contribution in [0.4, 0.5) is 4.39 Å². The van der Waals surface area contributed by atoms with Gasteiger partial charge in [0.05, 0.1) is 5.88 Å². The second-order valence-electron chi connectivity index (χ2n) is 4.80. The maximum absolute atomic E-state index is 13.9. The van der Waals surface area contributed by atoms with Crippen LogP contribution in [0.3, 0.4) is 0 Å². The van der Waals surface area contributed by atoms with Gasteiger partial charge in [0.1, 0.15) is 5.75 Å². The predicted molar refractivity (Wildman–Crippen MR) is 84.3 cm³/mol. The molecule has 0 aromatic heterocycles. The highest BCUT2D eigenvalue weighted by Gasteiger charge is 2.14. The molecule has 2 aromatic carbocycles. The minimum absolute atomic E-state index is 0.201. The van der Waals surface area contributed by atoms with Crippen LogP contribution in [0, 0.1) is 5.82 Å². The van der Waals surface area contributed by atoms with Crippen molar-refractivity contribution >= 4 is 27.5 Å². The molecule has 0 N–H and O–H groups in total. The van der Waals surface area contributed by atoms with Crippen LogP contribution in [-0.2, 0) is 5.88 Å². The van der Waals surface area contributed by atoms with Gasteiger partial charge in [0.2, 0.25) is 0 Å². The van der Waals surface area contributed by atoms with Crippen molar-refractivity contribution in [2.24, 2.45) is 0 Å². The van der Waals surface area contributed by atoms with Gasteiger partial charge in [-0.05, 0) is 35.7 Å². The standard InChI is InChI=1S/C16H15BrClFO/c1-10(2)13-8-12(17)6-7-15(13)20-16-11(9-18)4-3-5-14(16)19/h3-8,10H,9H2,1-2H3. The first-order valence-corrected chi connectivity index (χ1v) is 7.66. The summed E-state index contributed by atoms with van der Waals surface area (Å²) in [5, 5.41) is 0. The maximum Gasteiger partial charge on any atom is 0.167 e. The first-order chi connectivity index (χ1) is 9.52. The van der Waals surface area contributed by atoms with E-state index < -0.39 is 5.82 Å². The van der Waals surface area contributed by atoms with Gasteiger partial charge >= 0.3 is 0 Å². The molecule has 0 aliphatic heterocycles. The van der Waals surface area contributed by atoms with E-state index >= 15 is 0 Å².